The molecule has 1 fully saturated rings. The van der Waals surface area contributed by atoms with E-state index in [0.29, 0.717) is 6.42 Å². The minimum atomic E-state index is 0.122. The minimum Gasteiger partial charge on any atom is -0.493 e. The first-order valence-electron chi connectivity index (χ1n) is 8.11. The number of ether oxygens (including phenoxy) is 1. The highest BCUT2D eigenvalue weighted by atomic mass is 16.5. The summed E-state index contributed by atoms with van der Waals surface area (Å²) in [4.78, 5) is 14.3. The highest BCUT2D eigenvalue weighted by Gasteiger charge is 2.47. The van der Waals surface area contributed by atoms with Crippen molar-refractivity contribution in [2.75, 3.05) is 19.7 Å². The molecule has 0 N–H and O–H groups in total. The number of fused-ring (bicyclic) bond motifs is 1. The number of hydrogen-bond donors (Lipinski definition) is 0. The summed E-state index contributed by atoms with van der Waals surface area (Å²) in [6.45, 7) is 2.34. The zero-order valence-corrected chi connectivity index (χ0v) is 13.4. The van der Waals surface area contributed by atoms with Crippen LogP contribution in [0.5, 0.6) is 5.75 Å². The van der Waals surface area contributed by atoms with E-state index in [2.05, 4.69) is 17.2 Å². The average molecular weight is 311 g/mol. The number of aromatic nitrogens is 2. The SMILES string of the molecule is Cn1nccc1CCC(=O)N1CC2(COc3ccccc3C2)C1. The number of para-hydroxylation sites is 1. The van der Waals surface area contributed by atoms with E-state index in [0.717, 1.165) is 44.0 Å². The van der Waals surface area contributed by atoms with Crippen LogP contribution in [0, 0.1) is 5.41 Å². The summed E-state index contributed by atoms with van der Waals surface area (Å²) < 4.78 is 7.72. The highest BCUT2D eigenvalue weighted by molar-refractivity contribution is 5.77. The number of nitrogens with zero attached hydrogens (tertiary/aromatic N) is 3. The van der Waals surface area contributed by atoms with Crippen LogP contribution < -0.4 is 4.74 Å². The fourth-order valence-electron chi connectivity index (χ4n) is 3.66. The van der Waals surface area contributed by atoms with E-state index in [1.807, 2.05) is 34.8 Å². The van der Waals surface area contributed by atoms with Crippen LogP contribution in [-0.4, -0.2) is 40.3 Å². The first-order chi connectivity index (χ1) is 11.2. The topological polar surface area (TPSA) is 47.4 Å². The molecule has 4 rings (SSSR count). The monoisotopic (exact) mass is 311 g/mol. The van der Waals surface area contributed by atoms with Crippen molar-refractivity contribution in [1.82, 2.24) is 14.7 Å². The minimum absolute atomic E-state index is 0.122. The molecule has 2 aromatic rings. The maximum atomic E-state index is 12.4. The van der Waals surface area contributed by atoms with E-state index < -0.39 is 0 Å². The molecule has 23 heavy (non-hydrogen) atoms. The number of amides is 1. The summed E-state index contributed by atoms with van der Waals surface area (Å²) >= 11 is 0. The summed E-state index contributed by atoms with van der Waals surface area (Å²) in [5.74, 6) is 1.23. The number of hydrogen-bond acceptors (Lipinski definition) is 3. The second-order valence-corrected chi connectivity index (χ2v) is 6.77. The quantitative estimate of drug-likeness (QED) is 0.868. The van der Waals surface area contributed by atoms with Gasteiger partial charge in [0.05, 0.1) is 6.61 Å². The Labute approximate surface area is 135 Å². The molecule has 1 aromatic carbocycles. The Kier molecular flexibility index (Phi) is 3.36. The van der Waals surface area contributed by atoms with Crippen LogP contribution in [0.3, 0.4) is 0 Å². The van der Waals surface area contributed by atoms with Gasteiger partial charge in [0.15, 0.2) is 0 Å². The third kappa shape index (κ3) is 2.60. The Balaban J connectivity index is 1.33. The van der Waals surface area contributed by atoms with Gasteiger partial charge in [-0.3, -0.25) is 9.48 Å². The first kappa shape index (κ1) is 14.3. The maximum Gasteiger partial charge on any atom is 0.223 e. The largest absolute Gasteiger partial charge is 0.493 e. The Morgan fingerprint density at radius 2 is 2.13 bits per heavy atom. The smallest absolute Gasteiger partial charge is 0.223 e. The van der Waals surface area contributed by atoms with Crippen LogP contribution >= 0.6 is 0 Å². The van der Waals surface area contributed by atoms with Gasteiger partial charge in [-0.25, -0.2) is 0 Å². The van der Waals surface area contributed by atoms with Gasteiger partial charge >= 0.3 is 0 Å². The third-order valence-corrected chi connectivity index (χ3v) is 4.99. The molecule has 2 aliphatic rings. The van der Waals surface area contributed by atoms with Crippen LogP contribution in [0.25, 0.3) is 0 Å². The van der Waals surface area contributed by atoms with Crippen LogP contribution in [0.1, 0.15) is 17.7 Å². The summed E-state index contributed by atoms with van der Waals surface area (Å²) in [7, 11) is 1.91. The summed E-state index contributed by atoms with van der Waals surface area (Å²) in [6, 6.07) is 10.2. The predicted molar refractivity (Wildman–Crippen MR) is 86.2 cm³/mol. The van der Waals surface area contributed by atoms with Gasteiger partial charge in [-0.2, -0.15) is 5.10 Å². The maximum absolute atomic E-state index is 12.4. The Bertz CT molecular complexity index is 731. The van der Waals surface area contributed by atoms with E-state index in [-0.39, 0.29) is 11.3 Å². The van der Waals surface area contributed by atoms with Gasteiger partial charge in [0, 0.05) is 43.9 Å². The Hall–Kier alpha value is -2.30. The first-order valence-corrected chi connectivity index (χ1v) is 8.11. The molecule has 0 aliphatic carbocycles. The second-order valence-electron chi connectivity index (χ2n) is 6.77. The fourth-order valence-corrected chi connectivity index (χ4v) is 3.66. The number of carbonyl (C=O) groups is 1. The lowest BCUT2D eigenvalue weighted by molar-refractivity contribution is -0.146. The third-order valence-electron chi connectivity index (χ3n) is 4.99. The molecule has 1 saturated heterocycles. The van der Waals surface area contributed by atoms with Gasteiger partial charge in [0.1, 0.15) is 5.75 Å². The lowest BCUT2D eigenvalue weighted by Crippen LogP contribution is -2.62. The van der Waals surface area contributed by atoms with Crippen molar-refractivity contribution >= 4 is 5.91 Å². The van der Waals surface area contributed by atoms with E-state index >= 15 is 0 Å². The standard InChI is InChI=1S/C18H21N3O2/c1-20-15(8-9-19-20)6-7-17(22)21-11-18(12-21)10-14-4-2-3-5-16(14)23-13-18/h2-5,8-9H,6-7,10-13H2,1H3. The van der Waals surface area contributed by atoms with Crippen molar-refractivity contribution in [2.24, 2.45) is 12.5 Å². The molecule has 3 heterocycles. The molecule has 0 saturated carbocycles. The molecular formula is C18H21N3O2. The van der Waals surface area contributed by atoms with Crippen molar-refractivity contribution in [3.63, 3.8) is 0 Å². The fraction of sp³-hybridized carbons (Fsp3) is 0.444. The van der Waals surface area contributed by atoms with E-state index in [9.17, 15) is 4.79 Å². The molecule has 0 bridgehead atoms. The summed E-state index contributed by atoms with van der Waals surface area (Å²) in [5, 5.41) is 4.14. The molecule has 0 radical (unpaired) electrons. The number of likely N-dealkylation sites (tertiary alicyclic amines) is 1. The van der Waals surface area contributed by atoms with Crippen LogP contribution in [0.4, 0.5) is 0 Å². The van der Waals surface area contributed by atoms with Gasteiger partial charge in [-0.1, -0.05) is 18.2 Å². The normalized spacial score (nSPS) is 18.2. The van der Waals surface area contributed by atoms with Gasteiger partial charge in [-0.05, 0) is 30.5 Å². The van der Waals surface area contributed by atoms with Gasteiger partial charge in [0.2, 0.25) is 5.91 Å². The molecule has 0 unspecified atom stereocenters. The molecular weight excluding hydrogens is 290 g/mol. The van der Waals surface area contributed by atoms with E-state index in [1.54, 1.807) is 6.20 Å². The Morgan fingerprint density at radius 1 is 1.30 bits per heavy atom. The zero-order chi connectivity index (χ0) is 15.9. The zero-order valence-electron chi connectivity index (χ0n) is 13.4. The van der Waals surface area contributed by atoms with Crippen molar-refractivity contribution < 1.29 is 9.53 Å². The lowest BCUT2D eigenvalue weighted by Gasteiger charge is -2.52. The van der Waals surface area contributed by atoms with Gasteiger partial charge < -0.3 is 9.64 Å². The molecule has 120 valence electrons. The van der Waals surface area contributed by atoms with Gasteiger partial charge in [-0.15, -0.1) is 0 Å². The van der Waals surface area contributed by atoms with Gasteiger partial charge in [0.25, 0.3) is 0 Å². The molecule has 1 amide bonds. The lowest BCUT2D eigenvalue weighted by atomic mass is 9.74. The number of aryl methyl sites for hydroxylation is 2. The molecule has 5 nitrogen and oxygen atoms in total. The van der Waals surface area contributed by atoms with Crippen LogP contribution in [0.15, 0.2) is 36.5 Å². The number of benzene rings is 1. The molecule has 1 aromatic heterocycles. The van der Waals surface area contributed by atoms with Crippen LogP contribution in [-0.2, 0) is 24.7 Å². The molecule has 1 spiro atoms. The van der Waals surface area contributed by atoms with Crippen molar-refractivity contribution in [1.29, 1.82) is 0 Å². The van der Waals surface area contributed by atoms with Crippen molar-refractivity contribution in [3.8, 4) is 5.75 Å². The number of rotatable bonds is 3. The predicted octanol–water partition coefficient (Wildman–Crippen LogP) is 1.82. The average Bonchev–Trinajstić information content (AvgIpc) is 2.95. The number of carbonyl (C=O) groups excluding carboxylic acids is 1. The summed E-state index contributed by atoms with van der Waals surface area (Å²) in [5.41, 5.74) is 2.49. The van der Waals surface area contributed by atoms with Crippen LogP contribution in [0.2, 0.25) is 0 Å². The van der Waals surface area contributed by atoms with Crippen molar-refractivity contribution in [3.05, 3.63) is 47.8 Å². The van der Waals surface area contributed by atoms with Crippen molar-refractivity contribution in [2.45, 2.75) is 19.3 Å². The van der Waals surface area contributed by atoms with E-state index in [1.165, 1.54) is 5.56 Å². The van der Waals surface area contributed by atoms with E-state index in [4.69, 9.17) is 4.74 Å². The molecule has 0 atom stereocenters. The summed E-state index contributed by atoms with van der Waals surface area (Å²) in [6.07, 6.45) is 4.08. The molecule has 2 aliphatic heterocycles. The Morgan fingerprint density at radius 3 is 2.91 bits per heavy atom. The highest BCUT2D eigenvalue weighted by Crippen LogP contribution is 2.41. The second kappa shape index (κ2) is 5.41. The molecule has 5 heteroatoms.